The quantitative estimate of drug-likeness (QED) is 0.400. The van der Waals surface area contributed by atoms with Crippen LogP contribution in [-0.2, 0) is 0 Å². The maximum Gasteiger partial charge on any atom is 0.152 e. The first kappa shape index (κ1) is 18.4. The zero-order valence-electron chi connectivity index (χ0n) is 14.0. The third-order valence-electron chi connectivity index (χ3n) is 3.81. The van der Waals surface area contributed by atoms with Crippen LogP contribution in [0.5, 0.6) is 0 Å². The monoisotopic (exact) mass is 354 g/mol. The number of carbonyl (C=O) groups is 1. The van der Waals surface area contributed by atoms with Crippen LogP contribution in [0.4, 0.5) is 22.7 Å². The van der Waals surface area contributed by atoms with Gasteiger partial charge in [-0.05, 0) is 47.9 Å². The number of benzene rings is 3. The van der Waals surface area contributed by atoms with Gasteiger partial charge in [-0.3, -0.25) is 4.79 Å². The average molecular weight is 355 g/mol. The van der Waals surface area contributed by atoms with E-state index in [2.05, 4.69) is 10.2 Å². The van der Waals surface area contributed by atoms with Gasteiger partial charge in [0.15, 0.2) is 6.29 Å². The van der Waals surface area contributed by atoms with E-state index in [-0.39, 0.29) is 12.4 Å². The number of nitrogens with two attached hydrogens (primary N) is 1. The molecule has 6 heteroatoms. The molecule has 3 aromatic rings. The lowest BCUT2D eigenvalue weighted by Crippen LogP contribution is -2.08. The summed E-state index contributed by atoms with van der Waals surface area (Å²) in [6.07, 6.45) is 0.805. The highest BCUT2D eigenvalue weighted by Crippen LogP contribution is 2.33. The van der Waals surface area contributed by atoms with Crippen molar-refractivity contribution in [2.24, 2.45) is 10.2 Å². The molecule has 0 saturated heterocycles. The van der Waals surface area contributed by atoms with Crippen LogP contribution in [0.25, 0.3) is 10.8 Å². The lowest BCUT2D eigenvalue weighted by atomic mass is 10.0. The number of nitrogens with zero attached hydrogens (tertiary/aromatic N) is 3. The van der Waals surface area contributed by atoms with E-state index < -0.39 is 0 Å². The average Bonchev–Trinajstić information content (AvgIpc) is 2.60. The Labute approximate surface area is 152 Å². The SMILES string of the molecule is CN(C)c1ccc2ccc(C=O)c(N=Nc3ccc(N)cc3)c2c1.Cl. The summed E-state index contributed by atoms with van der Waals surface area (Å²) in [5.74, 6) is 0. The Hall–Kier alpha value is -2.92. The van der Waals surface area contributed by atoms with Gasteiger partial charge in [-0.25, -0.2) is 0 Å². The summed E-state index contributed by atoms with van der Waals surface area (Å²) in [6, 6.07) is 16.9. The highest BCUT2D eigenvalue weighted by Gasteiger charge is 2.08. The maximum atomic E-state index is 11.4. The first-order valence-corrected chi connectivity index (χ1v) is 7.55. The molecule has 2 N–H and O–H groups in total. The van der Waals surface area contributed by atoms with Gasteiger partial charge in [0.05, 0.1) is 5.69 Å². The fraction of sp³-hybridized carbons (Fsp3) is 0.105. The van der Waals surface area contributed by atoms with E-state index in [0.717, 1.165) is 22.7 Å². The highest BCUT2D eigenvalue weighted by atomic mass is 35.5. The second-order valence-corrected chi connectivity index (χ2v) is 5.71. The Morgan fingerprint density at radius 3 is 2.28 bits per heavy atom. The molecule has 0 bridgehead atoms. The van der Waals surface area contributed by atoms with Crippen molar-refractivity contribution in [2.75, 3.05) is 24.7 Å². The Bertz CT molecular complexity index is 921. The molecule has 0 spiro atoms. The van der Waals surface area contributed by atoms with Crippen LogP contribution in [0.1, 0.15) is 10.4 Å². The van der Waals surface area contributed by atoms with Crippen molar-refractivity contribution < 1.29 is 4.79 Å². The molecule has 0 aromatic heterocycles. The van der Waals surface area contributed by atoms with E-state index in [1.807, 2.05) is 43.3 Å². The van der Waals surface area contributed by atoms with Gasteiger partial charge in [0.2, 0.25) is 0 Å². The van der Waals surface area contributed by atoms with Crippen molar-refractivity contribution in [3.8, 4) is 0 Å². The number of hydrogen-bond donors (Lipinski definition) is 1. The molecule has 3 rings (SSSR count). The normalized spacial score (nSPS) is 10.6. The Balaban J connectivity index is 0.00000225. The summed E-state index contributed by atoms with van der Waals surface area (Å²) in [6.45, 7) is 0. The molecule has 0 fully saturated rings. The van der Waals surface area contributed by atoms with Crippen LogP contribution in [0.15, 0.2) is 64.8 Å². The van der Waals surface area contributed by atoms with Crippen LogP contribution >= 0.6 is 12.4 Å². The summed E-state index contributed by atoms with van der Waals surface area (Å²) < 4.78 is 0. The third-order valence-corrected chi connectivity index (χ3v) is 3.81. The van der Waals surface area contributed by atoms with Gasteiger partial charge in [-0.15, -0.1) is 17.5 Å². The minimum absolute atomic E-state index is 0. The van der Waals surface area contributed by atoms with Gasteiger partial charge in [-0.1, -0.05) is 12.1 Å². The molecule has 5 nitrogen and oxygen atoms in total. The van der Waals surface area contributed by atoms with Gasteiger partial charge in [-0.2, -0.15) is 5.11 Å². The molecular weight excluding hydrogens is 336 g/mol. The zero-order chi connectivity index (χ0) is 17.1. The molecule has 3 aromatic carbocycles. The van der Waals surface area contributed by atoms with Crippen molar-refractivity contribution in [1.82, 2.24) is 0 Å². The van der Waals surface area contributed by atoms with E-state index >= 15 is 0 Å². The van der Waals surface area contributed by atoms with Crippen LogP contribution in [0, 0.1) is 0 Å². The molecular formula is C19H19ClN4O. The number of aldehydes is 1. The molecule has 128 valence electrons. The van der Waals surface area contributed by atoms with Crippen LogP contribution in [0.3, 0.4) is 0 Å². The fourth-order valence-corrected chi connectivity index (χ4v) is 2.44. The smallest absolute Gasteiger partial charge is 0.152 e. The van der Waals surface area contributed by atoms with Gasteiger partial charge < -0.3 is 10.6 Å². The molecule has 0 atom stereocenters. The fourth-order valence-electron chi connectivity index (χ4n) is 2.44. The van der Waals surface area contributed by atoms with E-state index in [0.29, 0.717) is 22.6 Å². The summed E-state index contributed by atoms with van der Waals surface area (Å²) >= 11 is 0. The number of azo groups is 1. The molecule has 0 heterocycles. The number of halogens is 1. The van der Waals surface area contributed by atoms with Crippen molar-refractivity contribution in [2.45, 2.75) is 0 Å². The van der Waals surface area contributed by atoms with Crippen LogP contribution in [0.2, 0.25) is 0 Å². The molecule has 0 aliphatic heterocycles. The molecule has 25 heavy (non-hydrogen) atoms. The summed E-state index contributed by atoms with van der Waals surface area (Å²) in [5.41, 5.74) is 9.15. The zero-order valence-corrected chi connectivity index (χ0v) is 14.8. The summed E-state index contributed by atoms with van der Waals surface area (Å²) in [5, 5.41) is 10.5. The number of fused-ring (bicyclic) bond motifs is 1. The van der Waals surface area contributed by atoms with Crippen LogP contribution < -0.4 is 10.6 Å². The number of carbonyl (C=O) groups excluding carboxylic acids is 1. The second kappa shape index (κ2) is 7.77. The Morgan fingerprint density at radius 1 is 0.960 bits per heavy atom. The topological polar surface area (TPSA) is 71.0 Å². The Morgan fingerprint density at radius 2 is 1.64 bits per heavy atom. The number of hydrogen-bond acceptors (Lipinski definition) is 5. The van der Waals surface area contributed by atoms with E-state index in [4.69, 9.17) is 5.73 Å². The van der Waals surface area contributed by atoms with Gasteiger partial charge in [0.25, 0.3) is 0 Å². The number of rotatable bonds is 4. The minimum Gasteiger partial charge on any atom is -0.399 e. The van der Waals surface area contributed by atoms with E-state index in [9.17, 15) is 4.79 Å². The molecule has 0 amide bonds. The van der Waals surface area contributed by atoms with Gasteiger partial charge in [0, 0.05) is 36.4 Å². The summed E-state index contributed by atoms with van der Waals surface area (Å²) in [7, 11) is 3.95. The van der Waals surface area contributed by atoms with Gasteiger partial charge in [0.1, 0.15) is 5.69 Å². The standard InChI is InChI=1S/C19H18N4O.ClH/c1-23(2)17-10-5-13-3-4-14(12-24)19(18(13)11-17)22-21-16-8-6-15(20)7-9-16;/h3-12H,20H2,1-2H3;1H. The lowest BCUT2D eigenvalue weighted by Gasteiger charge is -2.14. The molecule has 0 saturated carbocycles. The summed E-state index contributed by atoms with van der Waals surface area (Å²) in [4.78, 5) is 13.4. The van der Waals surface area contributed by atoms with E-state index in [1.165, 1.54) is 0 Å². The van der Waals surface area contributed by atoms with Crippen molar-refractivity contribution in [3.63, 3.8) is 0 Å². The van der Waals surface area contributed by atoms with E-state index in [1.54, 1.807) is 30.3 Å². The highest BCUT2D eigenvalue weighted by molar-refractivity contribution is 6.02. The molecule has 0 radical (unpaired) electrons. The molecule has 0 unspecified atom stereocenters. The van der Waals surface area contributed by atoms with Crippen molar-refractivity contribution in [3.05, 3.63) is 60.2 Å². The third kappa shape index (κ3) is 3.95. The van der Waals surface area contributed by atoms with Crippen molar-refractivity contribution >= 4 is 52.2 Å². The Kier molecular flexibility index (Phi) is 5.72. The first-order chi connectivity index (χ1) is 11.6. The first-order valence-electron chi connectivity index (χ1n) is 7.55. The predicted molar refractivity (Wildman–Crippen MR) is 106 cm³/mol. The predicted octanol–water partition coefficient (Wildman–Crippen LogP) is 5.14. The number of nitrogen functional groups attached to an aromatic ring is 1. The molecule has 0 aliphatic carbocycles. The molecule has 0 aliphatic rings. The van der Waals surface area contributed by atoms with Crippen LogP contribution in [-0.4, -0.2) is 20.4 Å². The minimum atomic E-state index is 0. The van der Waals surface area contributed by atoms with Gasteiger partial charge >= 0.3 is 0 Å². The largest absolute Gasteiger partial charge is 0.399 e. The second-order valence-electron chi connectivity index (χ2n) is 5.71. The maximum absolute atomic E-state index is 11.4. The van der Waals surface area contributed by atoms with Crippen molar-refractivity contribution in [1.29, 1.82) is 0 Å². The number of anilines is 2. The lowest BCUT2D eigenvalue weighted by molar-refractivity contribution is 0.112.